The highest BCUT2D eigenvalue weighted by Gasteiger charge is 2.16. The van der Waals surface area contributed by atoms with Crippen molar-refractivity contribution in [3.05, 3.63) is 71.9 Å². The lowest BCUT2D eigenvalue weighted by atomic mass is 9.93. The van der Waals surface area contributed by atoms with Crippen LogP contribution in [0.1, 0.15) is 24.0 Å². The fourth-order valence-corrected chi connectivity index (χ4v) is 3.89. The van der Waals surface area contributed by atoms with E-state index >= 15 is 0 Å². The van der Waals surface area contributed by atoms with E-state index in [0.717, 1.165) is 47.4 Å². The molecule has 0 bridgehead atoms. The number of nitrogens with one attached hydrogen (secondary N) is 2. The molecule has 0 radical (unpaired) electrons. The van der Waals surface area contributed by atoms with Crippen molar-refractivity contribution in [3.63, 3.8) is 0 Å². The van der Waals surface area contributed by atoms with E-state index in [4.69, 9.17) is 9.47 Å². The summed E-state index contributed by atoms with van der Waals surface area (Å²) in [6.07, 6.45) is 10.6. The summed E-state index contributed by atoms with van der Waals surface area (Å²) in [5.41, 5.74) is 4.83. The summed E-state index contributed by atoms with van der Waals surface area (Å²) in [6.45, 7) is 0.910. The fraction of sp³-hybridized carbons (Fsp3) is 0.250. The van der Waals surface area contributed by atoms with Gasteiger partial charge in [-0.05, 0) is 30.0 Å². The molecule has 1 aliphatic rings. The Balaban J connectivity index is 1.53. The molecule has 3 aromatic rings. The molecule has 0 saturated carbocycles. The quantitative estimate of drug-likeness (QED) is 0.636. The van der Waals surface area contributed by atoms with Gasteiger partial charge in [0.25, 0.3) is 0 Å². The van der Waals surface area contributed by atoms with Gasteiger partial charge in [0.15, 0.2) is 11.5 Å². The van der Waals surface area contributed by atoms with Gasteiger partial charge >= 0.3 is 0 Å². The van der Waals surface area contributed by atoms with Gasteiger partial charge in [0.2, 0.25) is 0 Å². The number of methoxy groups -OCH3 is 2. The normalized spacial score (nSPS) is 17.1. The van der Waals surface area contributed by atoms with Crippen LogP contribution in [0, 0.1) is 0 Å². The molecule has 0 amide bonds. The van der Waals surface area contributed by atoms with Crippen LogP contribution in [0.3, 0.4) is 0 Å². The van der Waals surface area contributed by atoms with E-state index in [2.05, 4.69) is 64.9 Å². The van der Waals surface area contributed by atoms with Gasteiger partial charge < -0.3 is 19.8 Å². The summed E-state index contributed by atoms with van der Waals surface area (Å²) in [6, 6.07) is 15.1. The molecular weight excluding hydrogens is 348 g/mol. The van der Waals surface area contributed by atoms with E-state index in [-0.39, 0.29) is 0 Å². The lowest BCUT2D eigenvalue weighted by Crippen LogP contribution is -2.32. The summed E-state index contributed by atoms with van der Waals surface area (Å²) >= 11 is 0. The first-order valence-electron chi connectivity index (χ1n) is 9.66. The molecule has 1 unspecified atom stereocenters. The van der Waals surface area contributed by atoms with Crippen LogP contribution in [-0.2, 0) is 0 Å². The summed E-state index contributed by atoms with van der Waals surface area (Å²) in [4.78, 5) is 3.26. The van der Waals surface area contributed by atoms with Crippen LogP contribution >= 0.6 is 0 Å². The van der Waals surface area contributed by atoms with E-state index < -0.39 is 0 Å². The molecule has 0 aliphatic carbocycles. The minimum Gasteiger partial charge on any atom is -0.493 e. The smallest absolute Gasteiger partial charge is 0.168 e. The minimum atomic E-state index is 0.426. The molecule has 0 spiro atoms. The molecular formula is C24H26N2O2. The first-order valence-corrected chi connectivity index (χ1v) is 9.66. The second kappa shape index (κ2) is 8.36. The average molecular weight is 374 g/mol. The lowest BCUT2D eigenvalue weighted by molar-refractivity contribution is 0.355. The molecule has 1 atom stereocenters. The number of hydrogen-bond acceptors (Lipinski definition) is 3. The zero-order chi connectivity index (χ0) is 19.3. The Morgan fingerprint density at radius 3 is 2.75 bits per heavy atom. The van der Waals surface area contributed by atoms with E-state index in [0.29, 0.717) is 6.04 Å². The Hall–Kier alpha value is -2.98. The van der Waals surface area contributed by atoms with Crippen LogP contribution in [0.2, 0.25) is 0 Å². The van der Waals surface area contributed by atoms with Crippen molar-refractivity contribution >= 4 is 22.6 Å². The van der Waals surface area contributed by atoms with Gasteiger partial charge in [0, 0.05) is 41.3 Å². The number of rotatable bonds is 6. The zero-order valence-electron chi connectivity index (χ0n) is 16.4. The average Bonchev–Trinajstić information content (AvgIpc) is 3.22. The predicted molar refractivity (Wildman–Crippen MR) is 116 cm³/mol. The highest BCUT2D eigenvalue weighted by Crippen LogP contribution is 2.38. The first kappa shape index (κ1) is 18.4. The molecule has 28 heavy (non-hydrogen) atoms. The van der Waals surface area contributed by atoms with Crippen molar-refractivity contribution in [2.75, 3.05) is 20.8 Å². The van der Waals surface area contributed by atoms with Crippen molar-refractivity contribution in [2.45, 2.75) is 18.9 Å². The Kier molecular flexibility index (Phi) is 5.49. The van der Waals surface area contributed by atoms with Gasteiger partial charge in [-0.2, -0.15) is 0 Å². The molecule has 1 aliphatic heterocycles. The zero-order valence-corrected chi connectivity index (χ0v) is 16.4. The maximum atomic E-state index is 5.65. The van der Waals surface area contributed by atoms with Crippen molar-refractivity contribution in [1.29, 1.82) is 0 Å². The van der Waals surface area contributed by atoms with E-state index in [1.165, 1.54) is 11.1 Å². The SMILES string of the molecule is COc1cc2[nH]ccc2c(/C=C/CC2CC(c3ccccc3)=CCN2)c1OC. The molecule has 0 saturated heterocycles. The van der Waals surface area contributed by atoms with Gasteiger partial charge in [0.1, 0.15) is 0 Å². The standard InChI is InChI=1S/C24H26N2O2/c1-27-23-16-22-20(12-14-26-22)21(24(23)28-2)10-6-9-19-15-18(11-13-25-19)17-7-4-3-5-8-17/h3-8,10-12,14,16,19,25-26H,9,13,15H2,1-2H3/b10-6+. The van der Waals surface area contributed by atoms with Crippen molar-refractivity contribution in [1.82, 2.24) is 10.3 Å². The molecule has 4 heteroatoms. The summed E-state index contributed by atoms with van der Waals surface area (Å²) in [5.74, 6) is 1.51. The van der Waals surface area contributed by atoms with Crippen molar-refractivity contribution in [2.24, 2.45) is 0 Å². The van der Waals surface area contributed by atoms with Gasteiger partial charge in [0.05, 0.1) is 14.2 Å². The third kappa shape index (κ3) is 3.69. The number of aromatic nitrogens is 1. The van der Waals surface area contributed by atoms with Gasteiger partial charge in [-0.25, -0.2) is 0 Å². The van der Waals surface area contributed by atoms with Gasteiger partial charge in [-0.15, -0.1) is 0 Å². The summed E-state index contributed by atoms with van der Waals surface area (Å²) in [5, 5.41) is 4.73. The van der Waals surface area contributed by atoms with Crippen LogP contribution in [0.4, 0.5) is 0 Å². The first-order chi connectivity index (χ1) is 13.8. The highest BCUT2D eigenvalue weighted by molar-refractivity contribution is 5.93. The largest absolute Gasteiger partial charge is 0.493 e. The van der Waals surface area contributed by atoms with E-state index in [9.17, 15) is 0 Å². The van der Waals surface area contributed by atoms with Crippen LogP contribution in [-0.4, -0.2) is 31.8 Å². The van der Waals surface area contributed by atoms with Gasteiger partial charge in [-0.3, -0.25) is 0 Å². The molecule has 0 fully saturated rings. The second-order valence-electron chi connectivity index (χ2n) is 7.01. The van der Waals surface area contributed by atoms with Crippen LogP contribution in [0.15, 0.2) is 60.8 Å². The van der Waals surface area contributed by atoms with Gasteiger partial charge in [-0.1, -0.05) is 48.6 Å². The van der Waals surface area contributed by atoms with Crippen LogP contribution < -0.4 is 14.8 Å². The van der Waals surface area contributed by atoms with Crippen LogP contribution in [0.5, 0.6) is 11.5 Å². The number of hydrogen-bond donors (Lipinski definition) is 2. The topological polar surface area (TPSA) is 46.3 Å². The maximum absolute atomic E-state index is 5.65. The lowest BCUT2D eigenvalue weighted by Gasteiger charge is -2.23. The number of ether oxygens (including phenoxy) is 2. The third-order valence-electron chi connectivity index (χ3n) is 5.31. The Morgan fingerprint density at radius 1 is 1.11 bits per heavy atom. The molecule has 2 aromatic carbocycles. The third-order valence-corrected chi connectivity index (χ3v) is 5.31. The molecule has 4 nitrogen and oxygen atoms in total. The van der Waals surface area contributed by atoms with E-state index in [1.54, 1.807) is 14.2 Å². The Labute approximate surface area is 165 Å². The number of aromatic amines is 1. The van der Waals surface area contributed by atoms with Crippen LogP contribution in [0.25, 0.3) is 22.6 Å². The number of fused-ring (bicyclic) bond motifs is 1. The second-order valence-corrected chi connectivity index (χ2v) is 7.01. The molecule has 2 heterocycles. The maximum Gasteiger partial charge on any atom is 0.168 e. The minimum absolute atomic E-state index is 0.426. The summed E-state index contributed by atoms with van der Waals surface area (Å²) < 4.78 is 11.2. The summed E-state index contributed by atoms with van der Waals surface area (Å²) in [7, 11) is 3.36. The Bertz CT molecular complexity index is 1000. The fourth-order valence-electron chi connectivity index (χ4n) is 3.89. The molecule has 4 rings (SSSR count). The number of H-pyrrole nitrogens is 1. The molecule has 1 aromatic heterocycles. The predicted octanol–water partition coefficient (Wildman–Crippen LogP) is 5.03. The number of benzene rings is 2. The van der Waals surface area contributed by atoms with Crippen molar-refractivity contribution in [3.8, 4) is 11.5 Å². The molecule has 144 valence electrons. The van der Waals surface area contributed by atoms with Crippen molar-refractivity contribution < 1.29 is 9.47 Å². The molecule has 2 N–H and O–H groups in total. The highest BCUT2D eigenvalue weighted by atomic mass is 16.5. The van der Waals surface area contributed by atoms with E-state index in [1.807, 2.05) is 12.3 Å². The Morgan fingerprint density at radius 2 is 1.96 bits per heavy atom. The monoisotopic (exact) mass is 374 g/mol.